The molecule has 2 amide bonds. The van der Waals surface area contributed by atoms with Crippen molar-refractivity contribution in [2.24, 2.45) is 0 Å². The van der Waals surface area contributed by atoms with E-state index in [9.17, 15) is 9.59 Å². The van der Waals surface area contributed by atoms with Crippen LogP contribution in [0.2, 0.25) is 5.02 Å². The molecule has 0 unspecified atom stereocenters. The van der Waals surface area contributed by atoms with E-state index in [0.717, 1.165) is 0 Å². The van der Waals surface area contributed by atoms with Crippen LogP contribution >= 0.6 is 11.6 Å². The summed E-state index contributed by atoms with van der Waals surface area (Å²) in [5, 5.41) is 9.55. The fourth-order valence-electron chi connectivity index (χ4n) is 2.20. The molecular weight excluding hydrogens is 356 g/mol. The fourth-order valence-corrected chi connectivity index (χ4v) is 2.40. The number of hydrogen-bond donors (Lipinski definition) is 2. The summed E-state index contributed by atoms with van der Waals surface area (Å²) < 4.78 is 5.21. The number of benzene rings is 1. The molecule has 0 aliphatic carbocycles. The van der Waals surface area contributed by atoms with Crippen LogP contribution in [0.3, 0.4) is 0 Å². The van der Waals surface area contributed by atoms with Crippen molar-refractivity contribution in [1.29, 1.82) is 0 Å². The molecule has 2 N–H and O–H groups in total. The van der Waals surface area contributed by atoms with Crippen LogP contribution in [-0.4, -0.2) is 29.0 Å². The van der Waals surface area contributed by atoms with E-state index in [4.69, 9.17) is 16.1 Å². The lowest BCUT2D eigenvalue weighted by Gasteiger charge is -2.10. The van der Waals surface area contributed by atoms with Crippen LogP contribution in [0.15, 0.2) is 22.7 Å². The standard InChI is InChI=1S/C18H23ClN4O3/c1-18(2,3)17-22-15(26-23-17)7-5-6-14(24)21-11-8-9-13(19)12(10-11)16(25)20-4/h8-10H,5-7H2,1-4H3,(H,20,25)(H,21,24). The molecule has 8 heteroatoms. The van der Waals surface area contributed by atoms with Crippen molar-refractivity contribution in [1.82, 2.24) is 15.5 Å². The lowest BCUT2D eigenvalue weighted by atomic mass is 9.96. The van der Waals surface area contributed by atoms with E-state index >= 15 is 0 Å². The fraction of sp³-hybridized carbons (Fsp3) is 0.444. The van der Waals surface area contributed by atoms with Gasteiger partial charge in [0.05, 0.1) is 10.6 Å². The van der Waals surface area contributed by atoms with Crippen molar-refractivity contribution in [3.63, 3.8) is 0 Å². The van der Waals surface area contributed by atoms with Crippen LogP contribution in [0.4, 0.5) is 5.69 Å². The highest BCUT2D eigenvalue weighted by Crippen LogP contribution is 2.21. The number of carbonyl (C=O) groups excluding carboxylic acids is 2. The number of carbonyl (C=O) groups is 2. The first kappa shape index (κ1) is 19.9. The van der Waals surface area contributed by atoms with E-state index in [-0.39, 0.29) is 17.2 Å². The van der Waals surface area contributed by atoms with Gasteiger partial charge < -0.3 is 15.2 Å². The number of rotatable bonds is 6. The predicted octanol–water partition coefficient (Wildman–Crippen LogP) is 3.34. The average molecular weight is 379 g/mol. The number of amides is 2. The Hall–Kier alpha value is -2.41. The van der Waals surface area contributed by atoms with Crippen LogP contribution < -0.4 is 10.6 Å². The van der Waals surface area contributed by atoms with Crippen LogP contribution in [0.5, 0.6) is 0 Å². The smallest absolute Gasteiger partial charge is 0.252 e. The monoisotopic (exact) mass is 378 g/mol. The highest BCUT2D eigenvalue weighted by Gasteiger charge is 2.20. The van der Waals surface area contributed by atoms with Gasteiger partial charge in [-0.1, -0.05) is 37.5 Å². The number of halogens is 1. The second kappa shape index (κ2) is 8.31. The first-order valence-electron chi connectivity index (χ1n) is 8.35. The number of anilines is 1. The SMILES string of the molecule is CNC(=O)c1cc(NC(=O)CCCc2nc(C(C)(C)C)no2)ccc1Cl. The van der Waals surface area contributed by atoms with Gasteiger partial charge in [0.2, 0.25) is 11.8 Å². The van der Waals surface area contributed by atoms with Crippen molar-refractivity contribution in [2.45, 2.75) is 45.4 Å². The Morgan fingerprint density at radius 3 is 2.62 bits per heavy atom. The van der Waals surface area contributed by atoms with Gasteiger partial charge >= 0.3 is 0 Å². The number of nitrogens with one attached hydrogen (secondary N) is 2. The molecule has 7 nitrogen and oxygen atoms in total. The zero-order chi connectivity index (χ0) is 19.3. The summed E-state index contributed by atoms with van der Waals surface area (Å²) in [5.74, 6) is 0.707. The Labute approximate surface area is 157 Å². The summed E-state index contributed by atoms with van der Waals surface area (Å²) in [7, 11) is 1.52. The van der Waals surface area contributed by atoms with Gasteiger partial charge in [-0.3, -0.25) is 9.59 Å². The second-order valence-corrected chi connectivity index (χ2v) is 7.34. The molecule has 0 aliphatic rings. The Balaban J connectivity index is 1.87. The quantitative estimate of drug-likeness (QED) is 0.803. The third-order valence-electron chi connectivity index (χ3n) is 3.66. The predicted molar refractivity (Wildman–Crippen MR) is 99.4 cm³/mol. The van der Waals surface area contributed by atoms with Gasteiger partial charge in [-0.25, -0.2) is 0 Å². The third kappa shape index (κ3) is 5.29. The van der Waals surface area contributed by atoms with Crippen molar-refractivity contribution < 1.29 is 14.1 Å². The molecule has 0 fully saturated rings. The molecule has 0 spiro atoms. The number of aryl methyl sites for hydroxylation is 1. The zero-order valence-electron chi connectivity index (χ0n) is 15.4. The van der Waals surface area contributed by atoms with E-state index in [0.29, 0.717) is 47.3 Å². The molecule has 2 rings (SSSR count). The molecule has 0 aliphatic heterocycles. The van der Waals surface area contributed by atoms with E-state index in [1.54, 1.807) is 18.2 Å². The van der Waals surface area contributed by atoms with E-state index in [1.165, 1.54) is 7.05 Å². The summed E-state index contributed by atoms with van der Waals surface area (Å²) in [4.78, 5) is 28.2. The minimum atomic E-state index is -0.308. The first-order chi connectivity index (χ1) is 12.2. The highest BCUT2D eigenvalue weighted by atomic mass is 35.5. The minimum Gasteiger partial charge on any atom is -0.355 e. The van der Waals surface area contributed by atoms with Crippen molar-refractivity contribution in [3.05, 3.63) is 40.5 Å². The largest absolute Gasteiger partial charge is 0.355 e. The molecule has 140 valence electrons. The van der Waals surface area contributed by atoms with Crippen LogP contribution in [0.25, 0.3) is 0 Å². The lowest BCUT2D eigenvalue weighted by Crippen LogP contribution is -2.19. The Morgan fingerprint density at radius 1 is 1.27 bits per heavy atom. The molecule has 26 heavy (non-hydrogen) atoms. The number of aromatic nitrogens is 2. The van der Waals surface area contributed by atoms with Crippen LogP contribution in [0.1, 0.15) is 55.7 Å². The van der Waals surface area contributed by atoms with Crippen molar-refractivity contribution in [3.8, 4) is 0 Å². The van der Waals surface area contributed by atoms with Gasteiger partial charge in [0.1, 0.15) is 0 Å². The Morgan fingerprint density at radius 2 is 2.00 bits per heavy atom. The number of nitrogens with zero attached hydrogens (tertiary/aromatic N) is 2. The third-order valence-corrected chi connectivity index (χ3v) is 3.98. The topological polar surface area (TPSA) is 97.1 Å². The molecule has 0 radical (unpaired) electrons. The summed E-state index contributed by atoms with van der Waals surface area (Å²) in [5.41, 5.74) is 0.661. The minimum absolute atomic E-state index is 0.161. The zero-order valence-corrected chi connectivity index (χ0v) is 16.1. The van der Waals surface area contributed by atoms with E-state index in [2.05, 4.69) is 20.8 Å². The summed E-state index contributed by atoms with van der Waals surface area (Å²) in [6.07, 6.45) is 1.40. The number of hydrogen-bond acceptors (Lipinski definition) is 5. The molecule has 2 aromatic rings. The highest BCUT2D eigenvalue weighted by molar-refractivity contribution is 6.34. The molecule has 0 atom stereocenters. The van der Waals surface area contributed by atoms with Crippen LogP contribution in [-0.2, 0) is 16.6 Å². The normalized spacial score (nSPS) is 11.3. The van der Waals surface area contributed by atoms with Crippen molar-refractivity contribution >= 4 is 29.1 Å². The van der Waals surface area contributed by atoms with Crippen LogP contribution in [0, 0.1) is 0 Å². The average Bonchev–Trinajstić information content (AvgIpc) is 3.05. The first-order valence-corrected chi connectivity index (χ1v) is 8.73. The second-order valence-electron chi connectivity index (χ2n) is 6.94. The maximum atomic E-state index is 12.1. The molecule has 0 saturated carbocycles. The molecule has 0 bridgehead atoms. The summed E-state index contributed by atoms with van der Waals surface area (Å²) >= 11 is 5.99. The van der Waals surface area contributed by atoms with Gasteiger partial charge in [-0.05, 0) is 24.6 Å². The Kier molecular flexibility index (Phi) is 6.37. The molecular formula is C18H23ClN4O3. The lowest BCUT2D eigenvalue weighted by molar-refractivity contribution is -0.116. The molecule has 1 aromatic carbocycles. The maximum absolute atomic E-state index is 12.1. The molecule has 1 heterocycles. The van der Waals surface area contributed by atoms with Gasteiger partial charge in [-0.15, -0.1) is 0 Å². The van der Waals surface area contributed by atoms with Crippen molar-refractivity contribution in [2.75, 3.05) is 12.4 Å². The van der Waals surface area contributed by atoms with Gasteiger partial charge in [0.25, 0.3) is 5.91 Å². The molecule has 0 saturated heterocycles. The van der Waals surface area contributed by atoms with E-state index in [1.807, 2.05) is 20.8 Å². The Bertz CT molecular complexity index is 796. The van der Waals surface area contributed by atoms with Gasteiger partial charge in [0.15, 0.2) is 5.82 Å². The summed E-state index contributed by atoms with van der Waals surface area (Å²) in [6.45, 7) is 6.02. The van der Waals surface area contributed by atoms with Gasteiger partial charge in [0, 0.05) is 31.0 Å². The van der Waals surface area contributed by atoms with E-state index < -0.39 is 0 Å². The van der Waals surface area contributed by atoms with Gasteiger partial charge in [-0.2, -0.15) is 4.98 Å². The summed E-state index contributed by atoms with van der Waals surface area (Å²) in [6, 6.07) is 4.78. The molecule has 1 aromatic heterocycles. The maximum Gasteiger partial charge on any atom is 0.252 e.